The molecule has 0 bridgehead atoms. The Hall–Kier alpha value is -2.18. The van der Waals surface area contributed by atoms with E-state index in [1.807, 2.05) is 31.2 Å². The lowest BCUT2D eigenvalue weighted by Crippen LogP contribution is -2.51. The zero-order valence-electron chi connectivity index (χ0n) is 14.2. The van der Waals surface area contributed by atoms with Crippen LogP contribution in [0, 0.1) is 0 Å². The fourth-order valence-electron chi connectivity index (χ4n) is 3.64. The molecule has 0 aliphatic carbocycles. The molecule has 134 valence electrons. The summed E-state index contributed by atoms with van der Waals surface area (Å²) in [6.45, 7) is 3.03. The minimum absolute atomic E-state index is 0.0510. The number of carbonyl (C=O) groups excluding carboxylic acids is 2. The number of anilines is 2. The monoisotopic (exact) mass is 387 g/mol. The number of thioether (sulfide) groups is 1. The Kier molecular flexibility index (Phi) is 4.32. The van der Waals surface area contributed by atoms with Crippen LogP contribution in [-0.4, -0.2) is 35.7 Å². The summed E-state index contributed by atoms with van der Waals surface area (Å²) >= 11 is 7.53. The van der Waals surface area contributed by atoms with Crippen molar-refractivity contribution in [1.82, 2.24) is 4.90 Å². The maximum absolute atomic E-state index is 13.3. The molecule has 26 heavy (non-hydrogen) atoms. The van der Waals surface area contributed by atoms with Crippen LogP contribution in [0.15, 0.2) is 48.5 Å². The quantitative estimate of drug-likeness (QED) is 0.842. The first kappa shape index (κ1) is 17.2. The number of amides is 3. The number of para-hydroxylation sites is 1. The van der Waals surface area contributed by atoms with E-state index in [0.29, 0.717) is 29.6 Å². The second-order valence-electron chi connectivity index (χ2n) is 6.15. The molecule has 4 rings (SSSR count). The SMILES string of the molecule is CCN1C(=O)[C@]2(SCCN2C(=O)Nc2cccc(Cl)c2)c2ccccc21. The largest absolute Gasteiger partial charge is 0.323 e. The third kappa shape index (κ3) is 2.47. The van der Waals surface area contributed by atoms with Crippen LogP contribution in [0.2, 0.25) is 5.02 Å². The van der Waals surface area contributed by atoms with Crippen molar-refractivity contribution in [3.63, 3.8) is 0 Å². The highest BCUT2D eigenvalue weighted by atomic mass is 35.5. The maximum atomic E-state index is 13.3. The van der Waals surface area contributed by atoms with Crippen molar-refractivity contribution < 1.29 is 9.59 Å². The fraction of sp³-hybridized carbons (Fsp3) is 0.263. The fourth-order valence-corrected chi connectivity index (χ4v) is 5.29. The van der Waals surface area contributed by atoms with Crippen LogP contribution in [0.1, 0.15) is 12.5 Å². The average molecular weight is 388 g/mol. The molecule has 2 aliphatic rings. The Labute approximate surface area is 161 Å². The van der Waals surface area contributed by atoms with Crippen LogP contribution in [0.5, 0.6) is 0 Å². The molecule has 0 unspecified atom stereocenters. The molecule has 2 aliphatic heterocycles. The molecule has 1 spiro atoms. The number of fused-ring (bicyclic) bond motifs is 2. The number of nitrogens with one attached hydrogen (secondary N) is 1. The second-order valence-corrected chi connectivity index (χ2v) is 7.88. The van der Waals surface area contributed by atoms with Crippen LogP contribution in [-0.2, 0) is 9.67 Å². The van der Waals surface area contributed by atoms with E-state index in [0.717, 1.165) is 11.3 Å². The number of hydrogen-bond donors (Lipinski definition) is 1. The Morgan fingerprint density at radius 2 is 2.08 bits per heavy atom. The first-order valence-corrected chi connectivity index (χ1v) is 9.84. The maximum Gasteiger partial charge on any atom is 0.323 e. The number of carbonyl (C=O) groups is 2. The highest BCUT2D eigenvalue weighted by Gasteiger charge is 2.59. The Morgan fingerprint density at radius 1 is 1.27 bits per heavy atom. The summed E-state index contributed by atoms with van der Waals surface area (Å²) in [5, 5.41) is 3.43. The van der Waals surface area contributed by atoms with Crippen molar-refractivity contribution in [2.24, 2.45) is 0 Å². The molecule has 1 saturated heterocycles. The van der Waals surface area contributed by atoms with E-state index < -0.39 is 4.87 Å². The van der Waals surface area contributed by atoms with Gasteiger partial charge in [0.05, 0.1) is 5.69 Å². The lowest BCUT2D eigenvalue weighted by atomic mass is 10.1. The van der Waals surface area contributed by atoms with Gasteiger partial charge >= 0.3 is 6.03 Å². The summed E-state index contributed by atoms with van der Waals surface area (Å²) in [4.78, 5) is 28.7. The molecule has 0 aromatic heterocycles. The van der Waals surface area contributed by atoms with Crippen molar-refractivity contribution >= 4 is 46.7 Å². The number of likely N-dealkylation sites (N-methyl/N-ethyl adjacent to an activating group) is 1. The zero-order chi connectivity index (χ0) is 18.3. The van der Waals surface area contributed by atoms with Gasteiger partial charge < -0.3 is 10.2 Å². The van der Waals surface area contributed by atoms with E-state index in [9.17, 15) is 9.59 Å². The van der Waals surface area contributed by atoms with Crippen LogP contribution in [0.25, 0.3) is 0 Å². The lowest BCUT2D eigenvalue weighted by molar-refractivity contribution is -0.123. The smallest absolute Gasteiger partial charge is 0.309 e. The van der Waals surface area contributed by atoms with Gasteiger partial charge in [0.25, 0.3) is 5.91 Å². The number of urea groups is 1. The van der Waals surface area contributed by atoms with Crippen molar-refractivity contribution in [3.05, 3.63) is 59.1 Å². The molecule has 3 amide bonds. The minimum atomic E-state index is -0.991. The van der Waals surface area contributed by atoms with Gasteiger partial charge in [-0.1, -0.05) is 35.9 Å². The summed E-state index contributed by atoms with van der Waals surface area (Å²) in [6.07, 6.45) is 0. The minimum Gasteiger partial charge on any atom is -0.309 e. The van der Waals surface area contributed by atoms with Gasteiger partial charge in [-0.05, 0) is 31.2 Å². The van der Waals surface area contributed by atoms with Gasteiger partial charge in [-0.2, -0.15) is 0 Å². The molecule has 7 heteroatoms. The highest BCUT2D eigenvalue weighted by molar-refractivity contribution is 8.01. The van der Waals surface area contributed by atoms with Crippen LogP contribution >= 0.6 is 23.4 Å². The summed E-state index contributed by atoms with van der Waals surface area (Å²) < 4.78 is 0. The molecule has 1 atom stereocenters. The van der Waals surface area contributed by atoms with Crippen molar-refractivity contribution in [3.8, 4) is 0 Å². The van der Waals surface area contributed by atoms with Crippen LogP contribution < -0.4 is 10.2 Å². The average Bonchev–Trinajstić information content (AvgIpc) is 3.17. The van der Waals surface area contributed by atoms with E-state index in [2.05, 4.69) is 5.32 Å². The lowest BCUT2D eigenvalue weighted by Gasteiger charge is -2.33. The van der Waals surface area contributed by atoms with E-state index in [-0.39, 0.29) is 11.9 Å². The first-order chi connectivity index (χ1) is 12.6. The van der Waals surface area contributed by atoms with E-state index in [1.165, 1.54) is 11.8 Å². The van der Waals surface area contributed by atoms with Gasteiger partial charge in [0, 0.05) is 35.1 Å². The normalized spacial score (nSPS) is 21.4. The first-order valence-electron chi connectivity index (χ1n) is 8.47. The van der Waals surface area contributed by atoms with E-state index in [1.54, 1.807) is 34.1 Å². The predicted molar refractivity (Wildman–Crippen MR) is 106 cm³/mol. The van der Waals surface area contributed by atoms with Crippen molar-refractivity contribution in [2.75, 3.05) is 29.1 Å². The van der Waals surface area contributed by atoms with E-state index in [4.69, 9.17) is 11.6 Å². The Bertz CT molecular complexity index is 891. The molecular formula is C19H18ClN3O2S. The third-order valence-electron chi connectivity index (χ3n) is 4.74. The van der Waals surface area contributed by atoms with Crippen molar-refractivity contribution in [2.45, 2.75) is 11.8 Å². The third-order valence-corrected chi connectivity index (χ3v) is 6.39. The summed E-state index contributed by atoms with van der Waals surface area (Å²) in [5.41, 5.74) is 2.38. The predicted octanol–water partition coefficient (Wildman–Crippen LogP) is 4.14. The van der Waals surface area contributed by atoms with Gasteiger partial charge in [0.1, 0.15) is 0 Å². The number of benzene rings is 2. The van der Waals surface area contributed by atoms with Gasteiger partial charge in [-0.25, -0.2) is 4.79 Å². The molecule has 2 heterocycles. The molecule has 5 nitrogen and oxygen atoms in total. The number of halogens is 1. The molecule has 2 aromatic carbocycles. The molecule has 0 saturated carbocycles. The molecule has 0 radical (unpaired) electrons. The number of rotatable bonds is 2. The molecule has 1 fully saturated rings. The Morgan fingerprint density at radius 3 is 2.85 bits per heavy atom. The van der Waals surface area contributed by atoms with Gasteiger partial charge in [-0.15, -0.1) is 11.8 Å². The summed E-state index contributed by atoms with van der Waals surface area (Å²) in [6, 6.07) is 14.4. The van der Waals surface area contributed by atoms with Gasteiger partial charge in [0.2, 0.25) is 0 Å². The highest BCUT2D eigenvalue weighted by Crippen LogP contribution is 2.53. The zero-order valence-corrected chi connectivity index (χ0v) is 15.8. The summed E-state index contributed by atoms with van der Waals surface area (Å²) in [7, 11) is 0. The number of nitrogens with zero attached hydrogens (tertiary/aromatic N) is 2. The standard InChI is InChI=1S/C19H18ClN3O2S/c1-2-22-16-9-4-3-8-15(16)19(17(22)24)23(10-11-26-19)18(25)21-14-7-5-6-13(20)12-14/h3-9,12H,2,10-11H2,1H3,(H,21,25)/t19-/m1/s1. The topological polar surface area (TPSA) is 52.7 Å². The van der Waals surface area contributed by atoms with Crippen molar-refractivity contribution in [1.29, 1.82) is 0 Å². The number of hydrogen-bond acceptors (Lipinski definition) is 3. The van der Waals surface area contributed by atoms with Crippen LogP contribution in [0.4, 0.5) is 16.2 Å². The van der Waals surface area contributed by atoms with Gasteiger partial charge in [-0.3, -0.25) is 9.69 Å². The molecule has 2 aromatic rings. The second kappa shape index (κ2) is 6.52. The Balaban J connectivity index is 1.72. The molecule has 1 N–H and O–H groups in total. The molecular weight excluding hydrogens is 370 g/mol. The van der Waals surface area contributed by atoms with Crippen LogP contribution in [0.3, 0.4) is 0 Å². The van der Waals surface area contributed by atoms with Gasteiger partial charge in [0.15, 0.2) is 4.87 Å². The van der Waals surface area contributed by atoms with E-state index >= 15 is 0 Å². The summed E-state index contributed by atoms with van der Waals surface area (Å²) in [5.74, 6) is 0.658.